The Kier molecular flexibility index (Phi) is 5.89. The van der Waals surface area contributed by atoms with Crippen LogP contribution in [0.1, 0.15) is 18.9 Å². The van der Waals surface area contributed by atoms with Gasteiger partial charge in [-0.25, -0.2) is 0 Å². The molecule has 0 spiro atoms. The van der Waals surface area contributed by atoms with Crippen molar-refractivity contribution < 1.29 is 14.3 Å². The average Bonchev–Trinajstić information content (AvgIpc) is 2.67. The highest BCUT2D eigenvalue weighted by Gasteiger charge is 2.24. The van der Waals surface area contributed by atoms with Crippen molar-refractivity contribution >= 4 is 23.3 Å². The van der Waals surface area contributed by atoms with E-state index in [0.29, 0.717) is 12.3 Å². The number of fused-ring (bicyclic) bond motifs is 1. The molecule has 0 aliphatic carbocycles. The fourth-order valence-corrected chi connectivity index (χ4v) is 3.29. The molecule has 0 N–H and O–H groups in total. The van der Waals surface area contributed by atoms with Crippen molar-refractivity contribution in [3.8, 4) is 0 Å². The van der Waals surface area contributed by atoms with Gasteiger partial charge in [0.15, 0.2) is 0 Å². The van der Waals surface area contributed by atoms with Gasteiger partial charge in [0, 0.05) is 17.9 Å². The Balaban J connectivity index is 1.79. The van der Waals surface area contributed by atoms with Crippen LogP contribution in [0.2, 0.25) is 0 Å². The van der Waals surface area contributed by atoms with Crippen LogP contribution in [0.4, 0.5) is 11.4 Å². The molecule has 0 saturated carbocycles. The highest BCUT2D eigenvalue weighted by molar-refractivity contribution is 6.00. The number of anilines is 2. The third kappa shape index (κ3) is 4.23. The number of ether oxygens (including phenoxy) is 1. The lowest BCUT2D eigenvalue weighted by molar-refractivity contribution is -0.142. The van der Waals surface area contributed by atoms with Crippen LogP contribution in [-0.4, -0.2) is 38.1 Å². The molecule has 26 heavy (non-hydrogen) atoms. The van der Waals surface area contributed by atoms with E-state index in [0.717, 1.165) is 25.1 Å². The molecule has 0 fully saturated rings. The minimum Gasteiger partial charge on any atom is -0.465 e. The lowest BCUT2D eigenvalue weighted by Gasteiger charge is -2.32. The van der Waals surface area contributed by atoms with Crippen molar-refractivity contribution in [2.75, 3.05) is 36.0 Å². The molecule has 0 atom stereocenters. The number of rotatable bonds is 6. The van der Waals surface area contributed by atoms with Crippen molar-refractivity contribution in [1.82, 2.24) is 0 Å². The first-order valence-electron chi connectivity index (χ1n) is 9.03. The Morgan fingerprint density at radius 3 is 2.58 bits per heavy atom. The number of para-hydroxylation sites is 2. The van der Waals surface area contributed by atoms with Crippen LogP contribution in [0.5, 0.6) is 0 Å². The minimum absolute atomic E-state index is 0.0772. The Hall–Kier alpha value is -2.82. The maximum absolute atomic E-state index is 13.0. The topological polar surface area (TPSA) is 49.9 Å². The van der Waals surface area contributed by atoms with Gasteiger partial charge in [0.25, 0.3) is 0 Å². The van der Waals surface area contributed by atoms with Crippen LogP contribution >= 0.6 is 0 Å². The molecule has 2 aromatic carbocycles. The van der Waals surface area contributed by atoms with Crippen LogP contribution in [0.3, 0.4) is 0 Å². The zero-order valence-electron chi connectivity index (χ0n) is 15.1. The number of nitrogens with zero attached hydrogens (tertiary/aromatic N) is 2. The van der Waals surface area contributed by atoms with E-state index in [4.69, 9.17) is 4.74 Å². The number of hydrogen-bond acceptors (Lipinski definition) is 4. The highest BCUT2D eigenvalue weighted by Crippen LogP contribution is 2.26. The Morgan fingerprint density at radius 2 is 1.81 bits per heavy atom. The molecule has 2 aromatic rings. The van der Waals surface area contributed by atoms with Crippen molar-refractivity contribution in [2.24, 2.45) is 0 Å². The Labute approximate surface area is 154 Å². The van der Waals surface area contributed by atoms with Gasteiger partial charge in [-0.2, -0.15) is 0 Å². The third-order valence-corrected chi connectivity index (χ3v) is 4.49. The normalized spacial score (nSPS) is 13.0. The molecule has 1 amide bonds. The summed E-state index contributed by atoms with van der Waals surface area (Å²) in [6, 6.07) is 17.5. The predicted octanol–water partition coefficient (Wildman–Crippen LogP) is 3.04. The fourth-order valence-electron chi connectivity index (χ4n) is 3.29. The maximum atomic E-state index is 13.0. The number of esters is 1. The summed E-state index contributed by atoms with van der Waals surface area (Å²) in [6.07, 6.45) is 2.06. The van der Waals surface area contributed by atoms with E-state index in [2.05, 4.69) is 17.0 Å². The Morgan fingerprint density at radius 1 is 1.08 bits per heavy atom. The van der Waals surface area contributed by atoms with E-state index < -0.39 is 5.97 Å². The number of aryl methyl sites for hydroxylation is 1. The summed E-state index contributed by atoms with van der Waals surface area (Å²) in [5, 5.41) is 0. The molecule has 0 unspecified atom stereocenters. The number of hydrogen-bond donors (Lipinski definition) is 0. The molecule has 1 aliphatic rings. The molecule has 0 saturated heterocycles. The summed E-state index contributed by atoms with van der Waals surface area (Å²) >= 11 is 0. The predicted molar refractivity (Wildman–Crippen MR) is 102 cm³/mol. The molecule has 1 heterocycles. The van der Waals surface area contributed by atoms with E-state index in [1.807, 2.05) is 42.5 Å². The van der Waals surface area contributed by atoms with Crippen LogP contribution in [0.15, 0.2) is 54.6 Å². The van der Waals surface area contributed by atoms with Gasteiger partial charge in [-0.1, -0.05) is 36.4 Å². The first-order chi connectivity index (χ1) is 12.7. The third-order valence-electron chi connectivity index (χ3n) is 4.49. The average molecular weight is 352 g/mol. The summed E-state index contributed by atoms with van der Waals surface area (Å²) in [4.78, 5) is 28.6. The molecule has 0 aromatic heterocycles. The van der Waals surface area contributed by atoms with Crippen LogP contribution < -0.4 is 9.80 Å². The van der Waals surface area contributed by atoms with E-state index in [1.165, 1.54) is 10.5 Å². The molecule has 5 heteroatoms. The van der Waals surface area contributed by atoms with Gasteiger partial charge in [-0.15, -0.1) is 0 Å². The van der Waals surface area contributed by atoms with Gasteiger partial charge in [-0.3, -0.25) is 14.5 Å². The summed E-state index contributed by atoms with van der Waals surface area (Å²) in [7, 11) is 0. The van der Waals surface area contributed by atoms with Crippen LogP contribution in [0.25, 0.3) is 0 Å². The monoisotopic (exact) mass is 352 g/mol. The Bertz CT molecular complexity index is 761. The number of amides is 1. The van der Waals surface area contributed by atoms with E-state index >= 15 is 0 Å². The fraction of sp³-hybridized carbons (Fsp3) is 0.333. The maximum Gasteiger partial charge on any atom is 0.326 e. The minimum atomic E-state index is -0.399. The molecule has 1 aliphatic heterocycles. The number of carbonyl (C=O) groups excluding carboxylic acids is 2. The van der Waals surface area contributed by atoms with E-state index in [1.54, 1.807) is 6.92 Å². The van der Waals surface area contributed by atoms with Gasteiger partial charge in [0.2, 0.25) is 5.91 Å². The van der Waals surface area contributed by atoms with Gasteiger partial charge < -0.3 is 9.64 Å². The van der Waals surface area contributed by atoms with Crippen molar-refractivity contribution in [3.63, 3.8) is 0 Å². The lowest BCUT2D eigenvalue weighted by atomic mass is 10.0. The number of carbonyl (C=O) groups is 2. The second-order valence-corrected chi connectivity index (χ2v) is 6.27. The zero-order chi connectivity index (χ0) is 18.4. The highest BCUT2D eigenvalue weighted by atomic mass is 16.5. The molecule has 0 radical (unpaired) electrons. The van der Waals surface area contributed by atoms with Crippen LogP contribution in [0, 0.1) is 0 Å². The quantitative estimate of drug-likeness (QED) is 0.750. The molecule has 136 valence electrons. The van der Waals surface area contributed by atoms with Crippen molar-refractivity contribution in [1.29, 1.82) is 0 Å². The molecule has 0 bridgehead atoms. The first kappa shape index (κ1) is 18.0. The summed E-state index contributed by atoms with van der Waals surface area (Å²) in [5.41, 5.74) is 3.08. The van der Waals surface area contributed by atoms with Crippen LogP contribution in [-0.2, 0) is 20.7 Å². The second-order valence-electron chi connectivity index (χ2n) is 6.27. The molecular formula is C21H24N2O3. The zero-order valence-corrected chi connectivity index (χ0v) is 15.1. The smallest absolute Gasteiger partial charge is 0.326 e. The standard InChI is InChI=1S/C21H24N2O3/c1-2-26-21(25)16-23(18-11-4-3-5-12-18)20(24)15-22-14-8-10-17-9-6-7-13-19(17)22/h3-7,9,11-13H,2,8,10,14-16H2,1H3. The van der Waals surface area contributed by atoms with Gasteiger partial charge in [0.1, 0.15) is 6.54 Å². The summed E-state index contributed by atoms with van der Waals surface area (Å²) in [6.45, 7) is 3.06. The molecule has 3 rings (SSSR count). The van der Waals surface area contributed by atoms with Crippen molar-refractivity contribution in [3.05, 3.63) is 60.2 Å². The van der Waals surface area contributed by atoms with Crippen molar-refractivity contribution in [2.45, 2.75) is 19.8 Å². The van der Waals surface area contributed by atoms with Gasteiger partial charge >= 0.3 is 5.97 Å². The number of benzene rings is 2. The summed E-state index contributed by atoms with van der Waals surface area (Å²) < 4.78 is 5.04. The first-order valence-corrected chi connectivity index (χ1v) is 9.03. The summed E-state index contributed by atoms with van der Waals surface area (Å²) in [5.74, 6) is -0.510. The van der Waals surface area contributed by atoms with Gasteiger partial charge in [0.05, 0.1) is 13.2 Å². The van der Waals surface area contributed by atoms with Gasteiger partial charge in [-0.05, 0) is 43.5 Å². The molecular weight excluding hydrogens is 328 g/mol. The molecule has 5 nitrogen and oxygen atoms in total. The largest absolute Gasteiger partial charge is 0.465 e. The van der Waals surface area contributed by atoms with E-state index in [-0.39, 0.29) is 19.0 Å². The lowest BCUT2D eigenvalue weighted by Crippen LogP contribution is -2.44. The SMILES string of the molecule is CCOC(=O)CN(C(=O)CN1CCCc2ccccc21)c1ccccc1. The van der Waals surface area contributed by atoms with E-state index in [9.17, 15) is 9.59 Å². The second kappa shape index (κ2) is 8.52.